The van der Waals surface area contributed by atoms with Crippen molar-refractivity contribution in [2.75, 3.05) is 0 Å². The standard InChI is InChI=1S/C38H42O3S/c1-4-29-19-21-30(22-20-29)23-24-31-17-12-18-34(25-31)38(39)37(41-27-33-15-10-7-11-16-33)36(28(3)35(5-2)42-38)40-26-32-13-8-6-9-14-32/h6-25,28,35-37,39H,4-5,26-27H2,1-3H3/b24-23+/t28-,35-,36+,37-,38?/m1/s1. The van der Waals surface area contributed by atoms with Gasteiger partial charge in [0.25, 0.3) is 0 Å². The maximum atomic E-state index is 12.7. The molecule has 218 valence electrons. The number of aryl methyl sites for hydroxylation is 1. The molecule has 1 N–H and O–H groups in total. The molecule has 1 fully saturated rings. The number of benzene rings is 4. The van der Waals surface area contributed by atoms with E-state index in [1.807, 2.05) is 48.5 Å². The van der Waals surface area contributed by atoms with Crippen LogP contribution in [0.2, 0.25) is 0 Å². The van der Waals surface area contributed by atoms with Gasteiger partial charge in [-0.1, -0.05) is 136 Å². The molecular weight excluding hydrogens is 536 g/mol. The van der Waals surface area contributed by atoms with Gasteiger partial charge in [-0.3, -0.25) is 0 Å². The van der Waals surface area contributed by atoms with Gasteiger partial charge in [0.15, 0.2) is 4.93 Å². The molecule has 0 bridgehead atoms. The molecule has 5 rings (SSSR count). The Bertz CT molecular complexity index is 1420. The van der Waals surface area contributed by atoms with Gasteiger partial charge in [0, 0.05) is 5.25 Å². The minimum absolute atomic E-state index is 0.193. The lowest BCUT2D eigenvalue weighted by atomic mass is 9.87. The average molecular weight is 579 g/mol. The van der Waals surface area contributed by atoms with Crippen molar-refractivity contribution in [3.63, 3.8) is 0 Å². The highest BCUT2D eigenvalue weighted by Crippen LogP contribution is 2.52. The van der Waals surface area contributed by atoms with E-state index in [9.17, 15) is 5.11 Å². The van der Waals surface area contributed by atoms with Crippen LogP contribution in [-0.2, 0) is 34.0 Å². The molecule has 4 heteroatoms. The van der Waals surface area contributed by atoms with Gasteiger partial charge in [0.05, 0.1) is 19.3 Å². The van der Waals surface area contributed by atoms with Crippen molar-refractivity contribution in [2.24, 2.45) is 5.92 Å². The summed E-state index contributed by atoms with van der Waals surface area (Å²) in [6, 6.07) is 37.3. The summed E-state index contributed by atoms with van der Waals surface area (Å²) in [6.07, 6.45) is 5.35. The number of ether oxygens (including phenoxy) is 2. The molecule has 1 unspecified atom stereocenters. The molecule has 3 nitrogen and oxygen atoms in total. The number of hydrogen-bond acceptors (Lipinski definition) is 4. The number of aliphatic hydroxyl groups is 1. The molecule has 0 radical (unpaired) electrons. The second-order valence-corrected chi connectivity index (χ2v) is 12.6. The molecule has 0 spiro atoms. The zero-order valence-corrected chi connectivity index (χ0v) is 25.7. The van der Waals surface area contributed by atoms with Crippen molar-refractivity contribution in [3.05, 3.63) is 143 Å². The van der Waals surface area contributed by atoms with E-state index >= 15 is 0 Å². The van der Waals surface area contributed by atoms with E-state index in [1.54, 1.807) is 11.8 Å². The Morgan fingerprint density at radius 3 is 1.95 bits per heavy atom. The molecular formula is C38H42O3S. The Morgan fingerprint density at radius 1 is 0.714 bits per heavy atom. The van der Waals surface area contributed by atoms with Crippen molar-refractivity contribution < 1.29 is 14.6 Å². The molecule has 1 aliphatic heterocycles. The van der Waals surface area contributed by atoms with Crippen LogP contribution in [0.15, 0.2) is 109 Å². The number of thioether (sulfide) groups is 1. The first-order chi connectivity index (χ1) is 20.5. The largest absolute Gasteiger partial charge is 0.372 e. The van der Waals surface area contributed by atoms with Crippen LogP contribution in [0.3, 0.4) is 0 Å². The SMILES string of the molecule is CCc1ccc(/C=C/c2cccc(C3(O)S[C@H](CC)[C@@H](C)[C@H](OCc4ccccc4)[C@H]3OCc3ccccc3)c2)cc1. The molecule has 0 amide bonds. The fraction of sp³-hybridized carbons (Fsp3) is 0.316. The molecule has 1 heterocycles. The topological polar surface area (TPSA) is 38.7 Å². The summed E-state index contributed by atoms with van der Waals surface area (Å²) in [6.45, 7) is 7.46. The summed E-state index contributed by atoms with van der Waals surface area (Å²) in [5.41, 5.74) is 6.55. The fourth-order valence-corrected chi connectivity index (χ4v) is 7.30. The van der Waals surface area contributed by atoms with Crippen LogP contribution in [0.4, 0.5) is 0 Å². The number of rotatable bonds is 11. The predicted molar refractivity (Wildman–Crippen MR) is 176 cm³/mol. The van der Waals surface area contributed by atoms with Crippen LogP contribution in [-0.4, -0.2) is 22.6 Å². The van der Waals surface area contributed by atoms with Gasteiger partial charge in [-0.2, -0.15) is 0 Å². The lowest BCUT2D eigenvalue weighted by Gasteiger charge is -2.50. The Morgan fingerprint density at radius 2 is 1.33 bits per heavy atom. The molecule has 0 aliphatic carbocycles. The van der Waals surface area contributed by atoms with Crippen LogP contribution < -0.4 is 0 Å². The predicted octanol–water partition coefficient (Wildman–Crippen LogP) is 8.90. The fourth-order valence-electron chi connectivity index (χ4n) is 5.70. The van der Waals surface area contributed by atoms with Gasteiger partial charge in [-0.25, -0.2) is 0 Å². The van der Waals surface area contributed by atoms with Crippen LogP contribution >= 0.6 is 11.8 Å². The second-order valence-electron chi connectivity index (χ2n) is 11.2. The quantitative estimate of drug-likeness (QED) is 0.180. The monoisotopic (exact) mass is 578 g/mol. The Kier molecular flexibility index (Phi) is 10.4. The Labute approximate surface area is 255 Å². The highest BCUT2D eigenvalue weighted by atomic mass is 32.2. The van der Waals surface area contributed by atoms with Crippen LogP contribution in [0.5, 0.6) is 0 Å². The van der Waals surface area contributed by atoms with E-state index in [0.717, 1.165) is 40.7 Å². The van der Waals surface area contributed by atoms with Crippen molar-refractivity contribution >= 4 is 23.9 Å². The zero-order valence-electron chi connectivity index (χ0n) is 24.9. The molecule has 5 atom stereocenters. The van der Waals surface area contributed by atoms with Gasteiger partial charge in [0.1, 0.15) is 6.10 Å². The van der Waals surface area contributed by atoms with Gasteiger partial charge in [-0.05, 0) is 58.2 Å². The first kappa shape index (κ1) is 30.3. The van der Waals surface area contributed by atoms with Gasteiger partial charge in [-0.15, -0.1) is 11.8 Å². The van der Waals surface area contributed by atoms with E-state index in [2.05, 4.69) is 93.6 Å². The Balaban J connectivity index is 1.47. The summed E-state index contributed by atoms with van der Waals surface area (Å²) in [4.78, 5) is -1.28. The van der Waals surface area contributed by atoms with E-state index < -0.39 is 11.0 Å². The summed E-state index contributed by atoms with van der Waals surface area (Å²) in [7, 11) is 0. The first-order valence-electron chi connectivity index (χ1n) is 15.1. The summed E-state index contributed by atoms with van der Waals surface area (Å²) >= 11 is 1.62. The van der Waals surface area contributed by atoms with Crippen molar-refractivity contribution in [1.82, 2.24) is 0 Å². The average Bonchev–Trinajstić information content (AvgIpc) is 3.04. The molecule has 4 aromatic carbocycles. The van der Waals surface area contributed by atoms with Crippen LogP contribution in [0, 0.1) is 5.92 Å². The molecule has 1 aliphatic rings. The van der Waals surface area contributed by atoms with Crippen molar-refractivity contribution in [3.8, 4) is 0 Å². The second kappa shape index (κ2) is 14.3. The van der Waals surface area contributed by atoms with E-state index in [0.29, 0.717) is 13.2 Å². The van der Waals surface area contributed by atoms with Gasteiger partial charge in [0.2, 0.25) is 0 Å². The zero-order chi connectivity index (χ0) is 29.4. The summed E-state index contributed by atoms with van der Waals surface area (Å²) < 4.78 is 13.4. The van der Waals surface area contributed by atoms with E-state index in [4.69, 9.17) is 9.47 Å². The highest BCUT2D eigenvalue weighted by Gasteiger charge is 2.54. The minimum Gasteiger partial charge on any atom is -0.372 e. The van der Waals surface area contributed by atoms with Gasteiger partial charge >= 0.3 is 0 Å². The maximum Gasteiger partial charge on any atom is 0.165 e. The third kappa shape index (κ3) is 7.25. The molecule has 0 aromatic heterocycles. The lowest BCUT2D eigenvalue weighted by molar-refractivity contribution is -0.168. The van der Waals surface area contributed by atoms with Crippen molar-refractivity contribution in [1.29, 1.82) is 0 Å². The summed E-state index contributed by atoms with van der Waals surface area (Å²) in [5, 5.41) is 12.9. The van der Waals surface area contributed by atoms with Crippen LogP contribution in [0.25, 0.3) is 12.2 Å². The maximum absolute atomic E-state index is 12.7. The van der Waals surface area contributed by atoms with E-state index in [-0.39, 0.29) is 17.3 Å². The highest BCUT2D eigenvalue weighted by molar-refractivity contribution is 8.00. The summed E-state index contributed by atoms with van der Waals surface area (Å²) in [5.74, 6) is 0.193. The third-order valence-corrected chi connectivity index (χ3v) is 10.1. The minimum atomic E-state index is -1.28. The lowest BCUT2D eigenvalue weighted by Crippen LogP contribution is -2.56. The van der Waals surface area contributed by atoms with Crippen LogP contribution in [0.1, 0.15) is 60.6 Å². The number of hydrogen-bond donors (Lipinski definition) is 1. The molecule has 4 aromatic rings. The van der Waals surface area contributed by atoms with Gasteiger partial charge < -0.3 is 14.6 Å². The first-order valence-corrected chi connectivity index (χ1v) is 16.0. The smallest absolute Gasteiger partial charge is 0.165 e. The Hall–Kier alpha value is -3.15. The van der Waals surface area contributed by atoms with E-state index in [1.165, 1.54) is 5.56 Å². The normalized spacial score (nSPS) is 24.2. The third-order valence-electron chi connectivity index (χ3n) is 8.24. The molecule has 0 saturated carbocycles. The van der Waals surface area contributed by atoms with Crippen molar-refractivity contribution in [2.45, 2.75) is 69.2 Å². The molecule has 42 heavy (non-hydrogen) atoms. The molecule has 1 saturated heterocycles.